The number of carbonyl (C=O) groups excluding carboxylic acids is 2. The molecular weight excluding hydrogens is 396 g/mol. The van der Waals surface area contributed by atoms with Gasteiger partial charge in [-0.2, -0.15) is 0 Å². The molecule has 2 aromatic rings. The van der Waals surface area contributed by atoms with Crippen molar-refractivity contribution in [2.24, 2.45) is 5.92 Å². The van der Waals surface area contributed by atoms with Crippen LogP contribution in [-0.4, -0.2) is 24.2 Å². The number of anilines is 2. The molecule has 148 valence electrons. The van der Waals surface area contributed by atoms with Gasteiger partial charge in [0.2, 0.25) is 11.8 Å². The van der Waals surface area contributed by atoms with Crippen LogP contribution >= 0.6 is 23.4 Å². The standard InChI is InChI=1S/C21H23ClN2O3S/c1-12-10-18(19(27-3)11-17(12)22)24-20(25)13(2)28-16-8-6-15(7-9-16)23-21(26)14-4-5-14/h6-11,13-14H,4-5H2,1-3H3,(H,23,26)(H,24,25). The summed E-state index contributed by atoms with van der Waals surface area (Å²) in [5.74, 6) is 0.652. The molecule has 0 aliphatic heterocycles. The van der Waals surface area contributed by atoms with Gasteiger partial charge in [-0.15, -0.1) is 11.8 Å². The number of hydrogen-bond acceptors (Lipinski definition) is 4. The lowest BCUT2D eigenvalue weighted by Gasteiger charge is -2.15. The van der Waals surface area contributed by atoms with E-state index in [0.717, 1.165) is 29.0 Å². The number of halogens is 1. The third-order valence-corrected chi connectivity index (χ3v) is 6.01. The number of carbonyl (C=O) groups is 2. The molecular formula is C21H23ClN2O3S. The van der Waals surface area contributed by atoms with Gasteiger partial charge in [0, 0.05) is 27.6 Å². The highest BCUT2D eigenvalue weighted by molar-refractivity contribution is 8.00. The monoisotopic (exact) mass is 418 g/mol. The van der Waals surface area contributed by atoms with Crippen LogP contribution in [0.5, 0.6) is 5.75 Å². The van der Waals surface area contributed by atoms with E-state index in [-0.39, 0.29) is 23.0 Å². The summed E-state index contributed by atoms with van der Waals surface area (Å²) < 4.78 is 5.31. The average molecular weight is 419 g/mol. The topological polar surface area (TPSA) is 67.4 Å². The summed E-state index contributed by atoms with van der Waals surface area (Å²) >= 11 is 7.56. The highest BCUT2D eigenvalue weighted by atomic mass is 35.5. The summed E-state index contributed by atoms with van der Waals surface area (Å²) in [4.78, 5) is 25.4. The third kappa shape index (κ3) is 5.20. The van der Waals surface area contributed by atoms with Crippen LogP contribution < -0.4 is 15.4 Å². The van der Waals surface area contributed by atoms with E-state index in [9.17, 15) is 9.59 Å². The molecule has 0 spiro atoms. The summed E-state index contributed by atoms with van der Waals surface area (Å²) in [5, 5.41) is 6.09. The smallest absolute Gasteiger partial charge is 0.237 e. The minimum absolute atomic E-state index is 0.0837. The lowest BCUT2D eigenvalue weighted by Crippen LogP contribution is -2.22. The van der Waals surface area contributed by atoms with Crippen molar-refractivity contribution in [2.45, 2.75) is 36.8 Å². The molecule has 1 unspecified atom stereocenters. The molecule has 0 radical (unpaired) electrons. The van der Waals surface area contributed by atoms with Crippen LogP contribution in [-0.2, 0) is 9.59 Å². The molecule has 2 N–H and O–H groups in total. The van der Waals surface area contributed by atoms with Crippen LogP contribution in [0, 0.1) is 12.8 Å². The highest BCUT2D eigenvalue weighted by Crippen LogP contribution is 2.33. The largest absolute Gasteiger partial charge is 0.495 e. The lowest BCUT2D eigenvalue weighted by molar-refractivity contribution is -0.117. The average Bonchev–Trinajstić information content (AvgIpc) is 3.51. The molecule has 0 saturated heterocycles. The first-order chi connectivity index (χ1) is 13.4. The Morgan fingerprint density at radius 1 is 1.18 bits per heavy atom. The van der Waals surface area contributed by atoms with Crippen LogP contribution in [0.4, 0.5) is 11.4 Å². The van der Waals surface area contributed by atoms with E-state index in [1.54, 1.807) is 19.2 Å². The van der Waals surface area contributed by atoms with E-state index in [1.165, 1.54) is 11.8 Å². The van der Waals surface area contributed by atoms with Crippen molar-refractivity contribution in [2.75, 3.05) is 17.7 Å². The van der Waals surface area contributed by atoms with Gasteiger partial charge in [0.05, 0.1) is 18.0 Å². The second-order valence-corrected chi connectivity index (χ2v) is 8.66. The van der Waals surface area contributed by atoms with Gasteiger partial charge >= 0.3 is 0 Å². The maximum atomic E-state index is 12.6. The number of nitrogens with one attached hydrogen (secondary N) is 2. The van der Waals surface area contributed by atoms with E-state index in [0.29, 0.717) is 16.5 Å². The molecule has 2 aromatic carbocycles. The second kappa shape index (κ2) is 8.88. The normalized spacial score (nSPS) is 14.3. The van der Waals surface area contributed by atoms with Crippen molar-refractivity contribution in [3.63, 3.8) is 0 Å². The predicted molar refractivity (Wildman–Crippen MR) is 114 cm³/mol. The number of methoxy groups -OCH3 is 1. The zero-order valence-corrected chi connectivity index (χ0v) is 17.6. The number of thioether (sulfide) groups is 1. The van der Waals surface area contributed by atoms with Crippen molar-refractivity contribution < 1.29 is 14.3 Å². The maximum absolute atomic E-state index is 12.6. The summed E-state index contributed by atoms with van der Waals surface area (Å²) in [5.41, 5.74) is 2.24. The molecule has 1 atom stereocenters. The quantitative estimate of drug-likeness (QED) is 0.612. The molecule has 1 aliphatic rings. The Hall–Kier alpha value is -2.18. The Kier molecular flexibility index (Phi) is 6.52. The van der Waals surface area contributed by atoms with Crippen LogP contribution in [0.25, 0.3) is 0 Å². The minimum Gasteiger partial charge on any atom is -0.495 e. The van der Waals surface area contributed by atoms with E-state index in [2.05, 4.69) is 10.6 Å². The lowest BCUT2D eigenvalue weighted by atomic mass is 10.2. The van der Waals surface area contributed by atoms with E-state index in [1.807, 2.05) is 38.1 Å². The van der Waals surface area contributed by atoms with Gasteiger partial charge in [-0.05, 0) is 62.6 Å². The maximum Gasteiger partial charge on any atom is 0.237 e. The molecule has 3 rings (SSSR count). The van der Waals surface area contributed by atoms with Crippen molar-refractivity contribution in [3.8, 4) is 5.75 Å². The summed E-state index contributed by atoms with van der Waals surface area (Å²) in [6.07, 6.45) is 1.95. The molecule has 2 amide bonds. The molecule has 0 aromatic heterocycles. The first-order valence-corrected chi connectivity index (χ1v) is 10.4. The number of hydrogen-bond donors (Lipinski definition) is 2. The first kappa shape index (κ1) is 20.6. The van der Waals surface area contributed by atoms with Gasteiger partial charge in [0.1, 0.15) is 5.75 Å². The van der Waals surface area contributed by atoms with Crippen LogP contribution in [0.3, 0.4) is 0 Å². The number of aryl methyl sites for hydroxylation is 1. The molecule has 0 heterocycles. The minimum atomic E-state index is -0.312. The Morgan fingerprint density at radius 2 is 1.86 bits per heavy atom. The van der Waals surface area contributed by atoms with Gasteiger partial charge in [0.25, 0.3) is 0 Å². The third-order valence-electron chi connectivity index (χ3n) is 4.49. The molecule has 1 fully saturated rings. The summed E-state index contributed by atoms with van der Waals surface area (Å²) in [6.45, 7) is 3.72. The fraction of sp³-hybridized carbons (Fsp3) is 0.333. The molecule has 1 aliphatic carbocycles. The first-order valence-electron chi connectivity index (χ1n) is 9.10. The van der Waals surface area contributed by atoms with Crippen molar-refractivity contribution >= 4 is 46.6 Å². The molecule has 1 saturated carbocycles. The molecule has 7 heteroatoms. The number of amides is 2. The second-order valence-electron chi connectivity index (χ2n) is 6.84. The van der Waals surface area contributed by atoms with E-state index < -0.39 is 0 Å². The molecule has 28 heavy (non-hydrogen) atoms. The van der Waals surface area contributed by atoms with Crippen LogP contribution in [0.1, 0.15) is 25.3 Å². The van der Waals surface area contributed by atoms with Gasteiger partial charge in [0.15, 0.2) is 0 Å². The Bertz CT molecular complexity index is 882. The van der Waals surface area contributed by atoms with Gasteiger partial charge < -0.3 is 15.4 Å². The molecule has 0 bridgehead atoms. The van der Waals surface area contributed by atoms with Crippen molar-refractivity contribution in [1.29, 1.82) is 0 Å². The van der Waals surface area contributed by atoms with Crippen molar-refractivity contribution in [3.05, 3.63) is 47.0 Å². The summed E-state index contributed by atoms with van der Waals surface area (Å²) in [7, 11) is 1.54. The van der Waals surface area contributed by atoms with Gasteiger partial charge in [-0.25, -0.2) is 0 Å². The number of ether oxygens (including phenoxy) is 1. The SMILES string of the molecule is COc1cc(Cl)c(C)cc1NC(=O)C(C)Sc1ccc(NC(=O)C2CC2)cc1. The van der Waals surface area contributed by atoms with Gasteiger partial charge in [-0.3, -0.25) is 9.59 Å². The summed E-state index contributed by atoms with van der Waals surface area (Å²) in [6, 6.07) is 11.0. The fourth-order valence-corrected chi connectivity index (χ4v) is 3.65. The predicted octanol–water partition coefficient (Wildman–Crippen LogP) is 5.12. The van der Waals surface area contributed by atoms with E-state index in [4.69, 9.17) is 16.3 Å². The zero-order chi connectivity index (χ0) is 20.3. The Labute approximate surface area is 174 Å². The van der Waals surface area contributed by atoms with Crippen LogP contribution in [0.15, 0.2) is 41.3 Å². The number of rotatable bonds is 7. The highest BCUT2D eigenvalue weighted by Gasteiger charge is 2.29. The Balaban J connectivity index is 1.59. The molecule has 5 nitrogen and oxygen atoms in total. The van der Waals surface area contributed by atoms with Crippen molar-refractivity contribution in [1.82, 2.24) is 0 Å². The zero-order valence-electron chi connectivity index (χ0n) is 16.0. The van der Waals surface area contributed by atoms with Gasteiger partial charge in [-0.1, -0.05) is 11.6 Å². The van der Waals surface area contributed by atoms with E-state index >= 15 is 0 Å². The fourth-order valence-electron chi connectivity index (χ4n) is 2.63. The Morgan fingerprint density at radius 3 is 2.46 bits per heavy atom. The number of benzene rings is 2. The van der Waals surface area contributed by atoms with Crippen LogP contribution in [0.2, 0.25) is 5.02 Å².